The van der Waals surface area contributed by atoms with Gasteiger partial charge in [-0.2, -0.15) is 0 Å². The zero-order chi connectivity index (χ0) is 44.9. The van der Waals surface area contributed by atoms with Crippen molar-refractivity contribution in [1.29, 1.82) is 0 Å². The molecule has 2 rings (SSSR count). The molecule has 4 atom stereocenters. The zero-order valence-electron chi connectivity index (χ0n) is 38.4. The van der Waals surface area contributed by atoms with E-state index in [1.807, 2.05) is 69.5 Å². The fraction of sp³-hybridized carbons (Fsp3) is 0.773. The summed E-state index contributed by atoms with van der Waals surface area (Å²) in [7, 11) is 5.30. The van der Waals surface area contributed by atoms with Crippen LogP contribution in [-0.4, -0.2) is 191 Å². The molecule has 1 saturated heterocycles. The number of aryl methyl sites for hydroxylation is 1. The predicted molar refractivity (Wildman–Crippen MR) is 228 cm³/mol. The first-order valence-corrected chi connectivity index (χ1v) is 21.3. The minimum absolute atomic E-state index is 0.0284. The standard InChI is InChI=1S/C44H76N4O12/c1-12-13-28-58-34-18-14-16-33(29-34)17-15-19-35(39(50)54-8)45-20-24-47(37(41(52)56-10)31-59-43(2,3)4)26-22-46(36(30-49)40(51)55-9)23-27-48(25-21-45)38(42(53)57-11)32-60-44(5,6)7/h14,16,18,29,35-38,49H,12-13,15,17,19-28,30-32H2,1-11H3. The summed E-state index contributed by atoms with van der Waals surface area (Å²) in [6, 6.07) is 4.68. The average Bonchev–Trinajstić information content (AvgIpc) is 3.20. The molecule has 60 heavy (non-hydrogen) atoms. The Morgan fingerprint density at radius 3 is 1.42 bits per heavy atom. The van der Waals surface area contributed by atoms with E-state index in [0.717, 1.165) is 24.2 Å². The number of unbranched alkanes of at least 4 members (excludes halogenated alkanes) is 1. The van der Waals surface area contributed by atoms with E-state index in [-0.39, 0.29) is 39.4 Å². The summed E-state index contributed by atoms with van der Waals surface area (Å²) < 4.78 is 39.3. The first-order valence-electron chi connectivity index (χ1n) is 21.3. The summed E-state index contributed by atoms with van der Waals surface area (Å²) in [5.74, 6) is -1.19. The molecule has 0 radical (unpaired) electrons. The molecule has 1 N–H and O–H groups in total. The first kappa shape index (κ1) is 52.8. The minimum atomic E-state index is -1.02. The van der Waals surface area contributed by atoms with Crippen molar-refractivity contribution in [1.82, 2.24) is 19.6 Å². The third-order valence-corrected chi connectivity index (χ3v) is 10.5. The van der Waals surface area contributed by atoms with Gasteiger partial charge in [0, 0.05) is 52.4 Å². The van der Waals surface area contributed by atoms with Gasteiger partial charge in [0.25, 0.3) is 0 Å². The number of carbonyl (C=O) groups is 4. The molecule has 4 unspecified atom stereocenters. The highest BCUT2D eigenvalue weighted by Gasteiger charge is 2.36. The number of ether oxygens (including phenoxy) is 7. The van der Waals surface area contributed by atoms with Crippen LogP contribution in [-0.2, 0) is 54.0 Å². The third-order valence-electron chi connectivity index (χ3n) is 10.5. The molecular formula is C44H76N4O12. The van der Waals surface area contributed by atoms with Crippen molar-refractivity contribution in [3.05, 3.63) is 29.8 Å². The third kappa shape index (κ3) is 18.7. The Bertz CT molecular complexity index is 1380. The van der Waals surface area contributed by atoms with Crippen molar-refractivity contribution in [2.24, 2.45) is 0 Å². The number of aliphatic hydroxyl groups excluding tert-OH is 1. The number of carbonyl (C=O) groups excluding carboxylic acids is 4. The van der Waals surface area contributed by atoms with Crippen molar-refractivity contribution in [3.8, 4) is 5.75 Å². The molecule has 1 fully saturated rings. The van der Waals surface area contributed by atoms with Crippen LogP contribution >= 0.6 is 0 Å². The number of hydrogen-bond donors (Lipinski definition) is 1. The Labute approximate surface area is 359 Å². The molecule has 16 nitrogen and oxygen atoms in total. The van der Waals surface area contributed by atoms with Gasteiger partial charge in [-0.1, -0.05) is 25.5 Å². The van der Waals surface area contributed by atoms with Gasteiger partial charge in [0.1, 0.15) is 29.9 Å². The Morgan fingerprint density at radius 1 is 0.617 bits per heavy atom. The summed E-state index contributed by atoms with van der Waals surface area (Å²) in [4.78, 5) is 61.5. The lowest BCUT2D eigenvalue weighted by molar-refractivity contribution is -0.155. The average molecular weight is 853 g/mol. The highest BCUT2D eigenvalue weighted by Crippen LogP contribution is 2.20. The molecule has 1 aromatic carbocycles. The SMILES string of the molecule is CCCCOc1cccc(CCCC(C(=O)OC)N2CCN(C(COC(C)(C)C)C(=O)OC)CCN(C(CO)C(=O)OC)CCN(C(COC(C)(C)C)C(=O)OC)CC2)c1. The maximum Gasteiger partial charge on any atom is 0.325 e. The van der Waals surface area contributed by atoms with Crippen molar-refractivity contribution in [2.75, 3.05) is 107 Å². The number of rotatable bonds is 21. The van der Waals surface area contributed by atoms with E-state index >= 15 is 0 Å². The molecule has 1 aliphatic heterocycles. The van der Waals surface area contributed by atoms with Gasteiger partial charge in [0.15, 0.2) is 0 Å². The first-order chi connectivity index (χ1) is 28.4. The van der Waals surface area contributed by atoms with Gasteiger partial charge >= 0.3 is 23.9 Å². The van der Waals surface area contributed by atoms with Crippen molar-refractivity contribution in [2.45, 2.75) is 116 Å². The van der Waals surface area contributed by atoms with Crippen LogP contribution in [0.1, 0.15) is 79.7 Å². The van der Waals surface area contributed by atoms with E-state index in [1.54, 1.807) is 4.90 Å². The van der Waals surface area contributed by atoms with Crippen LogP contribution in [0.5, 0.6) is 5.75 Å². The van der Waals surface area contributed by atoms with Crippen molar-refractivity contribution < 1.29 is 57.4 Å². The summed E-state index contributed by atoms with van der Waals surface area (Å²) in [6.07, 6.45) is 3.86. The Morgan fingerprint density at radius 2 is 1.02 bits per heavy atom. The van der Waals surface area contributed by atoms with Crippen LogP contribution in [0.15, 0.2) is 24.3 Å². The molecule has 344 valence electrons. The smallest absolute Gasteiger partial charge is 0.325 e. The van der Waals surface area contributed by atoms with Crippen LogP contribution in [0.25, 0.3) is 0 Å². The van der Waals surface area contributed by atoms with E-state index in [9.17, 15) is 24.3 Å². The van der Waals surface area contributed by atoms with Crippen LogP contribution in [0.3, 0.4) is 0 Å². The second-order valence-corrected chi connectivity index (χ2v) is 17.1. The molecule has 1 heterocycles. The number of aliphatic hydroxyl groups is 1. The number of nitrogens with zero attached hydrogens (tertiary/aromatic N) is 4. The van der Waals surface area contributed by atoms with E-state index < -0.39 is 65.9 Å². The lowest BCUT2D eigenvalue weighted by Gasteiger charge is -2.40. The molecule has 1 aliphatic rings. The van der Waals surface area contributed by atoms with Gasteiger partial charge in [-0.15, -0.1) is 0 Å². The molecule has 0 saturated carbocycles. The van der Waals surface area contributed by atoms with Gasteiger partial charge < -0.3 is 38.3 Å². The second kappa shape index (κ2) is 26.8. The quantitative estimate of drug-likeness (QED) is 0.109. The minimum Gasteiger partial charge on any atom is -0.494 e. The van der Waals surface area contributed by atoms with Crippen molar-refractivity contribution >= 4 is 23.9 Å². The molecular weight excluding hydrogens is 776 g/mol. The fourth-order valence-electron chi connectivity index (χ4n) is 6.98. The maximum atomic E-state index is 13.8. The largest absolute Gasteiger partial charge is 0.494 e. The summed E-state index contributed by atoms with van der Waals surface area (Å²) in [5.41, 5.74) is -0.0233. The van der Waals surface area contributed by atoms with Gasteiger partial charge in [0.2, 0.25) is 0 Å². The molecule has 0 aliphatic carbocycles. The Kier molecular flexibility index (Phi) is 23.6. The van der Waals surface area contributed by atoms with E-state index in [4.69, 9.17) is 33.2 Å². The monoisotopic (exact) mass is 853 g/mol. The lowest BCUT2D eigenvalue weighted by Crippen LogP contribution is -2.58. The van der Waals surface area contributed by atoms with Gasteiger partial charge in [-0.3, -0.25) is 38.8 Å². The highest BCUT2D eigenvalue weighted by molar-refractivity contribution is 5.77. The number of hydrogen-bond acceptors (Lipinski definition) is 16. The predicted octanol–water partition coefficient (Wildman–Crippen LogP) is 3.20. The molecule has 0 aromatic heterocycles. The van der Waals surface area contributed by atoms with E-state index in [0.29, 0.717) is 52.0 Å². The molecule has 0 amide bonds. The maximum absolute atomic E-state index is 13.8. The van der Waals surface area contributed by atoms with Crippen LogP contribution in [0.4, 0.5) is 0 Å². The highest BCUT2D eigenvalue weighted by atomic mass is 16.5. The van der Waals surface area contributed by atoms with Crippen LogP contribution in [0.2, 0.25) is 0 Å². The molecule has 0 spiro atoms. The summed E-state index contributed by atoms with van der Waals surface area (Å²) in [5, 5.41) is 10.5. The molecule has 1 aromatic rings. The number of esters is 4. The second-order valence-electron chi connectivity index (χ2n) is 17.1. The van der Waals surface area contributed by atoms with E-state index in [1.165, 1.54) is 28.4 Å². The lowest BCUT2D eigenvalue weighted by atomic mass is 10.0. The van der Waals surface area contributed by atoms with Crippen LogP contribution in [0, 0.1) is 0 Å². The number of methoxy groups -OCH3 is 4. The molecule has 0 bridgehead atoms. The molecule has 16 heteroatoms. The summed E-state index contributed by atoms with van der Waals surface area (Å²) >= 11 is 0. The topological polar surface area (TPSA) is 166 Å². The number of benzene rings is 1. The van der Waals surface area contributed by atoms with Gasteiger partial charge in [-0.25, -0.2) is 0 Å². The Hall–Kier alpha value is -3.38. The zero-order valence-corrected chi connectivity index (χ0v) is 38.4. The van der Waals surface area contributed by atoms with Gasteiger partial charge in [-0.05, 0) is 84.9 Å². The normalized spacial score (nSPS) is 17.9. The van der Waals surface area contributed by atoms with Crippen molar-refractivity contribution in [3.63, 3.8) is 0 Å². The van der Waals surface area contributed by atoms with Gasteiger partial charge in [0.05, 0.1) is 66.1 Å². The fourth-order valence-corrected chi connectivity index (χ4v) is 6.98. The van der Waals surface area contributed by atoms with Crippen LogP contribution < -0.4 is 4.74 Å². The van der Waals surface area contributed by atoms with E-state index in [2.05, 4.69) is 17.9 Å². The summed E-state index contributed by atoms with van der Waals surface area (Å²) in [6.45, 7) is 15.9. The Balaban J connectivity index is 2.64.